The van der Waals surface area contributed by atoms with E-state index in [1.54, 1.807) is 0 Å². The topological polar surface area (TPSA) is 27.7 Å². The number of ether oxygens (including phenoxy) is 3. The molecule has 0 saturated carbocycles. The fourth-order valence-electron chi connectivity index (χ4n) is 4.36. The van der Waals surface area contributed by atoms with Crippen molar-refractivity contribution in [1.29, 1.82) is 0 Å². The summed E-state index contributed by atoms with van der Waals surface area (Å²) in [7, 11) is 0. The van der Waals surface area contributed by atoms with Crippen LogP contribution in [0.4, 0.5) is 0 Å². The van der Waals surface area contributed by atoms with Gasteiger partial charge >= 0.3 is 0 Å². The van der Waals surface area contributed by atoms with Crippen LogP contribution in [-0.2, 0) is 19.3 Å². The Labute approximate surface area is 221 Å². The predicted molar refractivity (Wildman–Crippen MR) is 154 cm³/mol. The van der Waals surface area contributed by atoms with Crippen molar-refractivity contribution in [2.45, 2.75) is 53.4 Å². The van der Waals surface area contributed by atoms with E-state index in [1.807, 2.05) is 12.1 Å². The maximum absolute atomic E-state index is 5.51. The van der Waals surface area contributed by atoms with E-state index in [9.17, 15) is 0 Å². The molecule has 0 aliphatic carbocycles. The van der Waals surface area contributed by atoms with Crippen LogP contribution < -0.4 is 14.2 Å². The van der Waals surface area contributed by atoms with Gasteiger partial charge in [0.15, 0.2) is 0 Å². The molecule has 3 aliphatic rings. The zero-order valence-electron chi connectivity index (χ0n) is 21.5. The molecule has 0 aromatic heterocycles. The minimum absolute atomic E-state index is 0. The molecule has 3 aliphatic heterocycles. The average Bonchev–Trinajstić information content (AvgIpc) is 3.50. The lowest BCUT2D eigenvalue weighted by molar-refractivity contribution is 0.288. The van der Waals surface area contributed by atoms with E-state index in [-0.39, 0.29) is 29.5 Å². The van der Waals surface area contributed by atoms with Crippen molar-refractivity contribution in [1.82, 2.24) is 0 Å². The Morgan fingerprint density at radius 3 is 2.00 bits per heavy atom. The smallest absolute Gasteiger partial charge is 0.125 e. The molecule has 0 saturated heterocycles. The molecule has 6 heteroatoms. The van der Waals surface area contributed by atoms with Crippen LogP contribution in [0.15, 0.2) is 48.5 Å². The van der Waals surface area contributed by atoms with Crippen molar-refractivity contribution in [2.75, 3.05) is 19.8 Å². The largest absolute Gasteiger partial charge is 0.493 e. The SMILES string of the molecule is Cc1ccc2c(c1C)CCO2.Cc1ccc2c(c1C)OCC2.[2HH].[2HH].[2HH].[B].[B].[B].c1ccc2c(c1)CCCO2. The van der Waals surface area contributed by atoms with E-state index in [2.05, 4.69) is 64.1 Å². The van der Waals surface area contributed by atoms with Gasteiger partial charge in [-0.15, -0.1) is 0 Å². The molecule has 3 nitrogen and oxygen atoms in total. The lowest BCUT2D eigenvalue weighted by atomic mass is 10.0. The number of hydrogen-bond donors (Lipinski definition) is 0. The summed E-state index contributed by atoms with van der Waals surface area (Å²) in [4.78, 5) is 0. The minimum Gasteiger partial charge on any atom is -0.493 e. The van der Waals surface area contributed by atoms with Gasteiger partial charge in [-0.2, -0.15) is 0 Å². The van der Waals surface area contributed by atoms with Gasteiger partial charge in [0.05, 0.1) is 19.8 Å². The summed E-state index contributed by atoms with van der Waals surface area (Å²) >= 11 is 0. The Morgan fingerprint density at radius 1 is 0.571 bits per heavy atom. The second-order valence-corrected chi connectivity index (χ2v) is 8.74. The number of rotatable bonds is 0. The van der Waals surface area contributed by atoms with Crippen molar-refractivity contribution >= 4 is 25.2 Å². The molecule has 0 N–H and O–H groups in total. The quantitative estimate of drug-likeness (QED) is 0.371. The first kappa shape index (κ1) is 30.3. The molecule has 3 aromatic carbocycles. The predicted octanol–water partition coefficient (Wildman–Crippen LogP) is 6.08. The van der Waals surface area contributed by atoms with Crippen LogP contribution in [0.2, 0.25) is 0 Å². The van der Waals surface area contributed by atoms with Crippen LogP contribution in [0.1, 0.15) is 49.6 Å². The molecule has 0 amide bonds. The molecular weight excluding hydrogens is 429 g/mol. The summed E-state index contributed by atoms with van der Waals surface area (Å²) in [5.74, 6) is 3.30. The zero-order chi connectivity index (χ0) is 22.5. The highest BCUT2D eigenvalue weighted by Gasteiger charge is 2.15. The first-order valence-corrected chi connectivity index (χ1v) is 11.7. The molecule has 0 bridgehead atoms. The molecule has 3 heterocycles. The van der Waals surface area contributed by atoms with E-state index >= 15 is 0 Å². The Kier molecular flexibility index (Phi) is 12.1. The van der Waals surface area contributed by atoms with Crippen LogP contribution >= 0.6 is 0 Å². The van der Waals surface area contributed by atoms with Crippen molar-refractivity contribution in [3.63, 3.8) is 0 Å². The molecule has 183 valence electrons. The van der Waals surface area contributed by atoms with Crippen molar-refractivity contribution in [3.8, 4) is 17.2 Å². The summed E-state index contributed by atoms with van der Waals surface area (Å²) in [6, 6.07) is 16.8. The van der Waals surface area contributed by atoms with Gasteiger partial charge in [0, 0.05) is 47.9 Å². The third kappa shape index (κ3) is 7.13. The summed E-state index contributed by atoms with van der Waals surface area (Å²) in [6.07, 6.45) is 4.51. The van der Waals surface area contributed by atoms with Gasteiger partial charge in [0.1, 0.15) is 17.2 Å². The Bertz CT molecular complexity index is 1030. The van der Waals surface area contributed by atoms with Gasteiger partial charge in [-0.05, 0) is 86.1 Å². The van der Waals surface area contributed by atoms with E-state index in [4.69, 9.17) is 14.2 Å². The third-order valence-electron chi connectivity index (χ3n) is 6.63. The Morgan fingerprint density at radius 2 is 1.23 bits per heavy atom. The Hall–Kier alpha value is -2.75. The molecular formula is C29H40B3O3. The third-order valence-corrected chi connectivity index (χ3v) is 6.63. The molecule has 0 spiro atoms. The highest BCUT2D eigenvalue weighted by molar-refractivity contribution is 5.76. The van der Waals surface area contributed by atoms with Crippen molar-refractivity contribution < 1.29 is 18.5 Å². The summed E-state index contributed by atoms with van der Waals surface area (Å²) in [6.45, 7) is 11.2. The second kappa shape index (κ2) is 14.0. The Balaban J connectivity index is -0.000000449. The molecule has 9 radical (unpaired) electrons. The fraction of sp³-hybridized carbons (Fsp3) is 0.379. The van der Waals surface area contributed by atoms with E-state index in [1.165, 1.54) is 45.4 Å². The van der Waals surface area contributed by atoms with Gasteiger partial charge in [0.2, 0.25) is 0 Å². The minimum atomic E-state index is 0. The number of fused-ring (bicyclic) bond motifs is 3. The standard InChI is InChI=1S/2C10H12O.C9H10O.3B.3H2/c1-7-3-4-10-9(8(7)2)5-6-11-10;1-7-3-4-9-5-6-11-10(9)8(7)2;1-2-6-9-8(4-1)5-3-7-10-9;;;;;;/h2*3-4H,5-6H2,1-2H3;1-2,4,6H,3,5,7H2;;;;3*1H/i;;;;;;3*1+1. The second-order valence-electron chi connectivity index (χ2n) is 8.74. The molecule has 0 atom stereocenters. The number of hydrogen-bond acceptors (Lipinski definition) is 3. The lowest BCUT2D eigenvalue weighted by Crippen LogP contribution is -2.07. The zero-order valence-corrected chi connectivity index (χ0v) is 21.5. The van der Waals surface area contributed by atoms with Gasteiger partial charge in [0.25, 0.3) is 0 Å². The maximum atomic E-state index is 5.51. The van der Waals surface area contributed by atoms with Gasteiger partial charge in [-0.25, -0.2) is 0 Å². The lowest BCUT2D eigenvalue weighted by Gasteiger charge is -2.15. The molecule has 0 unspecified atom stereocenters. The first-order valence-electron chi connectivity index (χ1n) is 11.7. The summed E-state index contributed by atoms with van der Waals surface area (Å²) in [5, 5.41) is 0. The number of aryl methyl sites for hydroxylation is 3. The van der Waals surface area contributed by atoms with Gasteiger partial charge < -0.3 is 14.2 Å². The molecule has 35 heavy (non-hydrogen) atoms. The molecule has 0 fully saturated rings. The van der Waals surface area contributed by atoms with E-state index in [0.29, 0.717) is 0 Å². The van der Waals surface area contributed by atoms with Crippen LogP contribution in [0.5, 0.6) is 17.2 Å². The number of para-hydroxylation sites is 1. The average molecular weight is 472 g/mol. The van der Waals surface area contributed by atoms with Crippen molar-refractivity contribution in [2.24, 2.45) is 0 Å². The first-order chi connectivity index (χ1) is 15.5. The summed E-state index contributed by atoms with van der Waals surface area (Å²) < 4.78 is 16.4. The van der Waals surface area contributed by atoms with Gasteiger partial charge in [-0.1, -0.05) is 36.4 Å². The van der Waals surface area contributed by atoms with Crippen LogP contribution in [0.3, 0.4) is 0 Å². The fourth-order valence-corrected chi connectivity index (χ4v) is 4.36. The van der Waals surface area contributed by atoms with E-state index < -0.39 is 0 Å². The van der Waals surface area contributed by atoms with Gasteiger partial charge in [-0.3, -0.25) is 0 Å². The molecule has 6 rings (SSSR count). The monoisotopic (exact) mass is 472 g/mol. The number of benzene rings is 3. The van der Waals surface area contributed by atoms with E-state index in [0.717, 1.165) is 56.3 Å². The maximum Gasteiger partial charge on any atom is 0.125 e. The highest BCUT2D eigenvalue weighted by Crippen LogP contribution is 2.31. The summed E-state index contributed by atoms with van der Waals surface area (Å²) in [5.41, 5.74) is 9.53. The van der Waals surface area contributed by atoms with Crippen LogP contribution in [-0.4, -0.2) is 45.1 Å². The normalized spacial score (nSPS) is 13.5. The van der Waals surface area contributed by atoms with Crippen molar-refractivity contribution in [3.05, 3.63) is 87.5 Å². The van der Waals surface area contributed by atoms with Crippen LogP contribution in [0, 0.1) is 27.7 Å². The molecule has 3 aromatic rings. The highest BCUT2D eigenvalue weighted by atomic mass is 16.5. The van der Waals surface area contributed by atoms with Crippen LogP contribution in [0.25, 0.3) is 0 Å².